The van der Waals surface area contributed by atoms with E-state index in [9.17, 15) is 0 Å². The van der Waals surface area contributed by atoms with Crippen LogP contribution in [0.15, 0.2) is 255 Å². The summed E-state index contributed by atoms with van der Waals surface area (Å²) in [4.78, 5) is 4.94. The molecule has 4 aliphatic heterocycles. The SMILES string of the molecule is c1ccc(-c2cccc(Oc3cc4c5c(c3)N(c3ccccc3)c3ccccc3B5c3cc5c(cc3[Se]4)[Se]c3cc(Oc4cccc(-c6ccccc6)c4)cc4c3B5c3ccccc3N4c3ccccc3)c2)cc1. The molecule has 15 rings (SSSR count). The Morgan fingerprint density at radius 2 is 0.662 bits per heavy atom. The second kappa shape index (κ2) is 17.8. The van der Waals surface area contributed by atoms with Gasteiger partial charge in [0.05, 0.1) is 0 Å². The number of hydrogen-bond acceptors (Lipinski definition) is 4. The topological polar surface area (TPSA) is 24.9 Å². The van der Waals surface area contributed by atoms with Crippen LogP contribution < -0.4 is 69.9 Å². The van der Waals surface area contributed by atoms with Gasteiger partial charge in [-0.15, -0.1) is 0 Å². The Bertz CT molecular complexity index is 3750. The van der Waals surface area contributed by atoms with Crippen molar-refractivity contribution in [1.82, 2.24) is 0 Å². The zero-order valence-electron chi connectivity index (χ0n) is 39.9. The van der Waals surface area contributed by atoms with Crippen molar-refractivity contribution in [3.63, 3.8) is 0 Å². The fourth-order valence-corrected chi connectivity index (χ4v) is 17.2. The van der Waals surface area contributed by atoms with Gasteiger partial charge in [0.15, 0.2) is 0 Å². The van der Waals surface area contributed by atoms with Crippen LogP contribution in [0.2, 0.25) is 0 Å². The molecular weight excluding hydrogens is 1030 g/mol. The molecule has 0 bridgehead atoms. The second-order valence-electron chi connectivity index (χ2n) is 19.2. The van der Waals surface area contributed by atoms with Gasteiger partial charge < -0.3 is 0 Å². The van der Waals surface area contributed by atoms with Crippen molar-refractivity contribution in [2.75, 3.05) is 9.80 Å². The molecule has 4 aliphatic rings. The Kier molecular flexibility index (Phi) is 10.4. The van der Waals surface area contributed by atoms with Gasteiger partial charge in [-0.1, -0.05) is 0 Å². The summed E-state index contributed by atoms with van der Waals surface area (Å²) in [5.74, 6) is 3.34. The summed E-state index contributed by atoms with van der Waals surface area (Å²) in [6.45, 7) is 0.0796. The Morgan fingerprint density at radius 1 is 0.270 bits per heavy atom. The number of nitrogens with zero attached hydrogens (tertiary/aromatic N) is 2. The summed E-state index contributed by atoms with van der Waals surface area (Å²) in [6, 6.07) is 92.4. The normalized spacial score (nSPS) is 13.2. The molecular formula is C66H42B2N2O2Se2. The quantitative estimate of drug-likeness (QED) is 0.142. The third kappa shape index (κ3) is 7.29. The van der Waals surface area contributed by atoms with Crippen LogP contribution in [0, 0.1) is 0 Å². The van der Waals surface area contributed by atoms with E-state index in [0.717, 1.165) is 45.5 Å². The van der Waals surface area contributed by atoms with Crippen LogP contribution in [-0.4, -0.2) is 43.3 Å². The van der Waals surface area contributed by atoms with Gasteiger partial charge in [0, 0.05) is 0 Å². The van der Waals surface area contributed by atoms with E-state index < -0.39 is 0 Å². The summed E-state index contributed by atoms with van der Waals surface area (Å²) in [7, 11) is 0. The van der Waals surface area contributed by atoms with E-state index in [1.807, 2.05) is 0 Å². The van der Waals surface area contributed by atoms with Gasteiger partial charge >= 0.3 is 447 Å². The van der Waals surface area contributed by atoms with E-state index in [0.29, 0.717) is 0 Å². The number of ether oxygens (including phenoxy) is 2. The van der Waals surface area contributed by atoms with Gasteiger partial charge in [-0.05, 0) is 0 Å². The fraction of sp³-hybridized carbons (Fsp3) is 0. The zero-order valence-corrected chi connectivity index (χ0v) is 43.4. The van der Waals surface area contributed by atoms with Crippen LogP contribution in [0.1, 0.15) is 0 Å². The van der Waals surface area contributed by atoms with Gasteiger partial charge in [0.1, 0.15) is 0 Å². The zero-order chi connectivity index (χ0) is 48.7. The summed E-state index contributed by atoms with van der Waals surface area (Å²) in [5, 5.41) is 0. The number of anilines is 6. The molecule has 8 heteroatoms. The van der Waals surface area contributed by atoms with Crippen LogP contribution in [0.4, 0.5) is 34.1 Å². The molecule has 11 aromatic rings. The molecule has 0 radical (unpaired) electrons. The van der Waals surface area contributed by atoms with E-state index in [1.54, 1.807) is 0 Å². The van der Waals surface area contributed by atoms with E-state index in [-0.39, 0.29) is 43.3 Å². The van der Waals surface area contributed by atoms with Crippen LogP contribution in [0.3, 0.4) is 0 Å². The van der Waals surface area contributed by atoms with Crippen molar-refractivity contribution < 1.29 is 9.47 Å². The van der Waals surface area contributed by atoms with Crippen molar-refractivity contribution >= 4 is 128 Å². The first-order valence-electron chi connectivity index (χ1n) is 25.1. The van der Waals surface area contributed by atoms with Crippen molar-refractivity contribution in [3.8, 4) is 45.3 Å². The minimum atomic E-state index is -0.0182. The van der Waals surface area contributed by atoms with E-state index in [2.05, 4.69) is 265 Å². The molecule has 0 N–H and O–H groups in total. The maximum absolute atomic E-state index is 6.97. The molecule has 346 valence electrons. The molecule has 0 unspecified atom stereocenters. The Hall–Kier alpha value is -8.21. The van der Waals surface area contributed by atoms with Crippen LogP contribution >= 0.6 is 0 Å². The van der Waals surface area contributed by atoms with Crippen LogP contribution in [-0.2, 0) is 0 Å². The average molecular weight is 1070 g/mol. The molecule has 0 saturated heterocycles. The third-order valence-electron chi connectivity index (χ3n) is 14.8. The predicted molar refractivity (Wildman–Crippen MR) is 312 cm³/mol. The minimum absolute atomic E-state index is 0.0182. The van der Waals surface area contributed by atoms with Gasteiger partial charge in [-0.3, -0.25) is 0 Å². The van der Waals surface area contributed by atoms with Crippen molar-refractivity contribution in [3.05, 3.63) is 255 Å². The second-order valence-corrected chi connectivity index (χ2v) is 23.7. The van der Waals surface area contributed by atoms with Crippen molar-refractivity contribution in [1.29, 1.82) is 0 Å². The van der Waals surface area contributed by atoms with E-state index in [1.165, 1.54) is 84.5 Å². The summed E-state index contributed by atoms with van der Waals surface area (Å²) in [6.07, 6.45) is 0. The molecule has 0 amide bonds. The standard InChI is InChI=1S/C66H42B2N2O2Se2/c1-5-19-43(20-6-1)45-23-17-29-49(35-45)71-51-37-59-65-63(39-51)73-61-42-62-56(41-55(61)67(65)53-31-13-15-33-57(53)69(59)47-25-9-3-10-26-47)68-54-32-14-16-34-58(54)70(48-27-11-4-12-28-48)60-38-52(40-64(74-62)66(60)68)72-50-30-18-24-46(36-50)44-21-7-2-8-22-44/h1-42H. The Balaban J connectivity index is 0.898. The average Bonchev–Trinajstić information content (AvgIpc) is 3.47. The third-order valence-corrected chi connectivity index (χ3v) is 19.6. The molecule has 0 atom stereocenters. The molecule has 4 heterocycles. The maximum atomic E-state index is 6.97. The van der Waals surface area contributed by atoms with Crippen molar-refractivity contribution in [2.24, 2.45) is 0 Å². The Labute approximate surface area is 444 Å². The van der Waals surface area contributed by atoms with Gasteiger partial charge in [-0.2, -0.15) is 0 Å². The van der Waals surface area contributed by atoms with Crippen molar-refractivity contribution in [2.45, 2.75) is 0 Å². The number of rotatable bonds is 8. The van der Waals surface area contributed by atoms with Gasteiger partial charge in [-0.25, -0.2) is 0 Å². The first-order valence-corrected chi connectivity index (χ1v) is 28.5. The molecule has 0 spiro atoms. The van der Waals surface area contributed by atoms with E-state index >= 15 is 0 Å². The van der Waals surface area contributed by atoms with Crippen LogP contribution in [0.5, 0.6) is 23.0 Å². The molecule has 0 saturated carbocycles. The molecule has 4 nitrogen and oxygen atoms in total. The first-order chi connectivity index (χ1) is 36.7. The van der Waals surface area contributed by atoms with E-state index in [4.69, 9.17) is 9.47 Å². The first kappa shape index (κ1) is 43.4. The number of para-hydroxylation sites is 4. The van der Waals surface area contributed by atoms with Crippen LogP contribution in [0.25, 0.3) is 22.3 Å². The molecule has 0 aliphatic carbocycles. The monoisotopic (exact) mass is 1080 g/mol. The van der Waals surface area contributed by atoms with Gasteiger partial charge in [0.2, 0.25) is 0 Å². The summed E-state index contributed by atoms with van der Waals surface area (Å²) in [5.41, 5.74) is 19.9. The Morgan fingerprint density at radius 3 is 1.11 bits per heavy atom. The predicted octanol–water partition coefficient (Wildman–Crippen LogP) is 9.14. The number of hydrogen-bond donors (Lipinski definition) is 0. The fourth-order valence-electron chi connectivity index (χ4n) is 11.7. The molecule has 11 aromatic carbocycles. The molecule has 74 heavy (non-hydrogen) atoms. The number of benzene rings is 11. The number of fused-ring (bicyclic) bond motifs is 8. The van der Waals surface area contributed by atoms with Gasteiger partial charge in [0.25, 0.3) is 0 Å². The molecule has 0 aromatic heterocycles. The summed E-state index contributed by atoms with van der Waals surface area (Å²) >= 11 is -0.0364. The summed E-state index contributed by atoms with van der Waals surface area (Å²) < 4.78 is 19.5. The molecule has 0 fully saturated rings.